The highest BCUT2D eigenvalue weighted by molar-refractivity contribution is 7.11. The standard InChI is InChI=1S/C15H27NO3S/c1-12(2)19-11-14(17)9-16(7-8-18-4)10-15-6-5-13(3)20-15/h5-6,12,14,17H,7-11H2,1-4H3. The van der Waals surface area contributed by atoms with Crippen molar-refractivity contribution < 1.29 is 14.6 Å². The Kier molecular flexibility index (Phi) is 8.33. The zero-order valence-corrected chi connectivity index (χ0v) is 13.8. The van der Waals surface area contributed by atoms with Gasteiger partial charge in [-0.1, -0.05) is 0 Å². The molecule has 0 spiro atoms. The van der Waals surface area contributed by atoms with Gasteiger partial charge in [-0.2, -0.15) is 0 Å². The molecule has 1 aromatic rings. The van der Waals surface area contributed by atoms with Crippen LogP contribution in [0, 0.1) is 6.92 Å². The van der Waals surface area contributed by atoms with Crippen LogP contribution >= 0.6 is 11.3 Å². The molecule has 0 aromatic carbocycles. The number of hydrogen-bond acceptors (Lipinski definition) is 5. The highest BCUT2D eigenvalue weighted by Gasteiger charge is 2.14. The van der Waals surface area contributed by atoms with Gasteiger partial charge in [-0.25, -0.2) is 0 Å². The Balaban J connectivity index is 2.46. The molecule has 0 saturated heterocycles. The summed E-state index contributed by atoms with van der Waals surface area (Å²) in [7, 11) is 1.70. The molecule has 1 aromatic heterocycles. The quantitative estimate of drug-likeness (QED) is 0.720. The lowest BCUT2D eigenvalue weighted by Crippen LogP contribution is -2.36. The average molecular weight is 301 g/mol. The summed E-state index contributed by atoms with van der Waals surface area (Å²) in [5.41, 5.74) is 0. The number of methoxy groups -OCH3 is 1. The van der Waals surface area contributed by atoms with E-state index in [0.717, 1.165) is 13.1 Å². The fourth-order valence-electron chi connectivity index (χ4n) is 1.90. The Hall–Kier alpha value is -0.460. The van der Waals surface area contributed by atoms with Gasteiger partial charge < -0.3 is 14.6 Å². The van der Waals surface area contributed by atoms with Gasteiger partial charge in [0.2, 0.25) is 0 Å². The van der Waals surface area contributed by atoms with Crippen LogP contribution in [0.4, 0.5) is 0 Å². The van der Waals surface area contributed by atoms with Crippen LogP contribution in [0.15, 0.2) is 12.1 Å². The molecule has 0 aliphatic carbocycles. The number of hydrogen-bond donors (Lipinski definition) is 1. The van der Waals surface area contributed by atoms with Crippen molar-refractivity contribution in [2.24, 2.45) is 0 Å². The Bertz CT molecular complexity index is 368. The van der Waals surface area contributed by atoms with Crippen LogP contribution in [-0.2, 0) is 16.0 Å². The molecule has 1 heterocycles. The van der Waals surface area contributed by atoms with E-state index in [2.05, 4.69) is 24.0 Å². The first-order chi connectivity index (χ1) is 9.51. The van der Waals surface area contributed by atoms with Crippen LogP contribution in [0.2, 0.25) is 0 Å². The van der Waals surface area contributed by atoms with E-state index in [1.165, 1.54) is 9.75 Å². The summed E-state index contributed by atoms with van der Waals surface area (Å²) < 4.78 is 10.6. The van der Waals surface area contributed by atoms with Gasteiger partial charge in [0.1, 0.15) is 0 Å². The monoisotopic (exact) mass is 301 g/mol. The molecule has 1 rings (SSSR count). The molecule has 0 aliphatic heterocycles. The maximum Gasteiger partial charge on any atom is 0.0900 e. The second kappa shape index (κ2) is 9.47. The van der Waals surface area contributed by atoms with Crippen molar-refractivity contribution in [2.45, 2.75) is 39.5 Å². The van der Waals surface area contributed by atoms with Crippen LogP contribution in [0.5, 0.6) is 0 Å². The van der Waals surface area contributed by atoms with E-state index < -0.39 is 6.10 Å². The number of aryl methyl sites for hydroxylation is 1. The number of aliphatic hydroxyl groups excluding tert-OH is 1. The third-order valence-electron chi connectivity index (χ3n) is 2.88. The van der Waals surface area contributed by atoms with E-state index in [4.69, 9.17) is 9.47 Å². The summed E-state index contributed by atoms with van der Waals surface area (Å²) in [6, 6.07) is 4.28. The molecule has 0 fully saturated rings. The molecule has 0 radical (unpaired) electrons. The fourth-order valence-corrected chi connectivity index (χ4v) is 2.83. The maximum absolute atomic E-state index is 10.0. The summed E-state index contributed by atoms with van der Waals surface area (Å²) in [4.78, 5) is 4.84. The highest BCUT2D eigenvalue weighted by atomic mass is 32.1. The third-order valence-corrected chi connectivity index (χ3v) is 3.86. The number of ether oxygens (including phenoxy) is 2. The normalized spacial score (nSPS) is 13.3. The van der Waals surface area contributed by atoms with E-state index in [1.54, 1.807) is 18.4 Å². The maximum atomic E-state index is 10.0. The van der Waals surface area contributed by atoms with Gasteiger partial charge in [-0.3, -0.25) is 4.90 Å². The predicted molar refractivity (Wildman–Crippen MR) is 83.3 cm³/mol. The van der Waals surface area contributed by atoms with Gasteiger partial charge in [-0.05, 0) is 32.9 Å². The average Bonchev–Trinajstić information content (AvgIpc) is 2.79. The largest absolute Gasteiger partial charge is 0.389 e. The minimum Gasteiger partial charge on any atom is -0.389 e. The molecular formula is C15H27NO3S. The number of rotatable bonds is 10. The van der Waals surface area contributed by atoms with E-state index in [0.29, 0.717) is 19.8 Å². The van der Waals surface area contributed by atoms with Crippen molar-refractivity contribution in [3.8, 4) is 0 Å². The molecule has 1 N–H and O–H groups in total. The molecule has 0 bridgehead atoms. The molecule has 5 heteroatoms. The van der Waals surface area contributed by atoms with Crippen LogP contribution in [-0.4, -0.2) is 55.6 Å². The first kappa shape index (κ1) is 17.6. The number of nitrogens with zero attached hydrogens (tertiary/aromatic N) is 1. The summed E-state index contributed by atoms with van der Waals surface area (Å²) in [6.07, 6.45) is -0.313. The summed E-state index contributed by atoms with van der Waals surface area (Å²) >= 11 is 1.80. The number of thiophene rings is 1. The summed E-state index contributed by atoms with van der Waals surface area (Å²) in [5.74, 6) is 0. The van der Waals surface area contributed by atoms with Crippen molar-refractivity contribution in [1.29, 1.82) is 0 Å². The SMILES string of the molecule is COCCN(Cc1ccc(C)s1)CC(O)COC(C)C. The van der Waals surface area contributed by atoms with E-state index in [9.17, 15) is 5.11 Å². The Morgan fingerprint density at radius 1 is 1.35 bits per heavy atom. The molecule has 0 amide bonds. The smallest absolute Gasteiger partial charge is 0.0900 e. The zero-order valence-electron chi connectivity index (χ0n) is 13.0. The van der Waals surface area contributed by atoms with Gasteiger partial charge >= 0.3 is 0 Å². The van der Waals surface area contributed by atoms with Gasteiger partial charge in [-0.15, -0.1) is 11.3 Å². The molecule has 0 aliphatic rings. The Labute approximate surface area is 126 Å². The van der Waals surface area contributed by atoms with Gasteiger partial charge in [0.25, 0.3) is 0 Å². The van der Waals surface area contributed by atoms with Crippen LogP contribution in [0.1, 0.15) is 23.6 Å². The van der Waals surface area contributed by atoms with Crippen LogP contribution in [0.25, 0.3) is 0 Å². The van der Waals surface area contributed by atoms with E-state index in [-0.39, 0.29) is 6.10 Å². The molecule has 4 nitrogen and oxygen atoms in total. The molecular weight excluding hydrogens is 274 g/mol. The van der Waals surface area contributed by atoms with Crippen molar-refractivity contribution in [3.63, 3.8) is 0 Å². The van der Waals surface area contributed by atoms with Crippen molar-refractivity contribution >= 4 is 11.3 Å². The topological polar surface area (TPSA) is 41.9 Å². The minimum atomic E-state index is -0.463. The zero-order chi connectivity index (χ0) is 15.0. The van der Waals surface area contributed by atoms with E-state index >= 15 is 0 Å². The van der Waals surface area contributed by atoms with Crippen molar-refractivity contribution in [2.75, 3.05) is 33.4 Å². The van der Waals surface area contributed by atoms with Crippen molar-refractivity contribution in [1.82, 2.24) is 4.90 Å². The fraction of sp³-hybridized carbons (Fsp3) is 0.733. The molecule has 1 unspecified atom stereocenters. The van der Waals surface area contributed by atoms with Gasteiger partial charge in [0, 0.05) is 36.5 Å². The van der Waals surface area contributed by atoms with Crippen LogP contribution < -0.4 is 0 Å². The van der Waals surface area contributed by atoms with Crippen LogP contribution in [0.3, 0.4) is 0 Å². The highest BCUT2D eigenvalue weighted by Crippen LogP contribution is 2.17. The molecule has 1 atom stereocenters. The second-order valence-corrected chi connectivity index (χ2v) is 6.65. The lowest BCUT2D eigenvalue weighted by molar-refractivity contribution is -0.0119. The summed E-state index contributed by atoms with van der Waals surface area (Å²) in [6.45, 7) is 9.37. The lowest BCUT2D eigenvalue weighted by Gasteiger charge is -2.24. The summed E-state index contributed by atoms with van der Waals surface area (Å²) in [5, 5.41) is 10.0. The molecule has 20 heavy (non-hydrogen) atoms. The molecule has 116 valence electrons. The van der Waals surface area contributed by atoms with Gasteiger partial charge in [0.05, 0.1) is 25.4 Å². The Morgan fingerprint density at radius 3 is 2.65 bits per heavy atom. The second-order valence-electron chi connectivity index (χ2n) is 5.28. The first-order valence-corrected chi connectivity index (χ1v) is 7.89. The Morgan fingerprint density at radius 2 is 2.10 bits per heavy atom. The van der Waals surface area contributed by atoms with Gasteiger partial charge in [0.15, 0.2) is 0 Å². The van der Waals surface area contributed by atoms with Crippen molar-refractivity contribution in [3.05, 3.63) is 21.9 Å². The predicted octanol–water partition coefficient (Wildman–Crippen LogP) is 2.29. The minimum absolute atomic E-state index is 0.150. The lowest BCUT2D eigenvalue weighted by atomic mass is 10.3. The van der Waals surface area contributed by atoms with E-state index in [1.807, 2.05) is 13.8 Å². The number of aliphatic hydroxyl groups is 1. The third kappa shape index (κ3) is 7.36. The first-order valence-electron chi connectivity index (χ1n) is 7.07. The molecule has 0 saturated carbocycles.